The van der Waals surface area contributed by atoms with Crippen molar-refractivity contribution in [1.82, 2.24) is 9.88 Å². The molecule has 1 amide bonds. The van der Waals surface area contributed by atoms with E-state index in [9.17, 15) is 4.79 Å². The maximum absolute atomic E-state index is 12.0. The van der Waals surface area contributed by atoms with E-state index in [1.165, 1.54) is 11.3 Å². The van der Waals surface area contributed by atoms with Crippen LogP contribution < -0.4 is 5.73 Å². The molecule has 1 atom stereocenters. The number of carbonyl (C=O) groups excluding carboxylic acids is 1. The van der Waals surface area contributed by atoms with Crippen LogP contribution in [0.2, 0.25) is 0 Å². The Hall–Kier alpha value is -1.05. The summed E-state index contributed by atoms with van der Waals surface area (Å²) >= 11 is 6.19. The quantitative estimate of drug-likeness (QED) is 0.770. The molecule has 0 saturated carbocycles. The largest absolute Gasteiger partial charge is 0.391 e. The minimum Gasteiger partial charge on any atom is -0.391 e. The standard InChI is InChI=1S/C9H11N3O2S2/c10-8(15)6-4-12(1-2-14-6)9(13)7-3-11-5-16-7/h3,5-6H,1-2,4H2,(H2,10,15). The Morgan fingerprint density at radius 3 is 3.19 bits per heavy atom. The van der Waals surface area contributed by atoms with Crippen LogP contribution in [0, 0.1) is 0 Å². The molecular formula is C9H11N3O2S2. The Morgan fingerprint density at radius 1 is 1.75 bits per heavy atom. The van der Waals surface area contributed by atoms with E-state index in [0.29, 0.717) is 29.6 Å². The summed E-state index contributed by atoms with van der Waals surface area (Å²) in [5.74, 6) is -0.0351. The summed E-state index contributed by atoms with van der Waals surface area (Å²) in [4.78, 5) is 18.5. The van der Waals surface area contributed by atoms with E-state index >= 15 is 0 Å². The predicted molar refractivity (Wildman–Crippen MR) is 64.5 cm³/mol. The summed E-state index contributed by atoms with van der Waals surface area (Å²) in [6, 6.07) is 0. The molecular weight excluding hydrogens is 246 g/mol. The Morgan fingerprint density at radius 2 is 2.56 bits per heavy atom. The third-order valence-electron chi connectivity index (χ3n) is 2.31. The average Bonchev–Trinajstić information content (AvgIpc) is 2.81. The Balaban J connectivity index is 2.05. The van der Waals surface area contributed by atoms with E-state index in [2.05, 4.69) is 4.98 Å². The Labute approximate surface area is 102 Å². The van der Waals surface area contributed by atoms with Gasteiger partial charge in [0.2, 0.25) is 0 Å². The van der Waals surface area contributed by atoms with Crippen LogP contribution in [0.1, 0.15) is 9.67 Å². The minimum absolute atomic E-state index is 0.0351. The molecule has 1 saturated heterocycles. The fraction of sp³-hybridized carbons (Fsp3) is 0.444. The molecule has 1 aromatic rings. The Kier molecular flexibility index (Phi) is 3.47. The molecule has 0 spiro atoms. The predicted octanol–water partition coefficient (Wildman–Crippen LogP) is 0.270. The SMILES string of the molecule is NC(=S)C1CN(C(=O)c2cncs2)CCO1. The van der Waals surface area contributed by atoms with Crippen molar-refractivity contribution in [3.8, 4) is 0 Å². The summed E-state index contributed by atoms with van der Waals surface area (Å²) in [7, 11) is 0. The highest BCUT2D eigenvalue weighted by Gasteiger charge is 2.27. The van der Waals surface area contributed by atoms with Crippen molar-refractivity contribution in [1.29, 1.82) is 0 Å². The summed E-state index contributed by atoms with van der Waals surface area (Å²) < 4.78 is 5.36. The van der Waals surface area contributed by atoms with Gasteiger partial charge >= 0.3 is 0 Å². The smallest absolute Gasteiger partial charge is 0.265 e. The molecule has 7 heteroatoms. The molecule has 5 nitrogen and oxygen atoms in total. The van der Waals surface area contributed by atoms with Crippen LogP contribution in [0.5, 0.6) is 0 Å². The van der Waals surface area contributed by atoms with Crippen LogP contribution in [0.4, 0.5) is 0 Å². The van der Waals surface area contributed by atoms with Crippen LogP contribution in [0.3, 0.4) is 0 Å². The highest BCUT2D eigenvalue weighted by Crippen LogP contribution is 2.13. The second-order valence-corrected chi connectivity index (χ2v) is 4.74. The molecule has 1 fully saturated rings. The molecule has 2 heterocycles. The van der Waals surface area contributed by atoms with E-state index in [1.807, 2.05) is 0 Å². The Bertz CT molecular complexity index is 393. The summed E-state index contributed by atoms with van der Waals surface area (Å²) in [5.41, 5.74) is 7.14. The number of thiocarbonyl (C=S) groups is 1. The van der Waals surface area contributed by atoms with Gasteiger partial charge in [-0.1, -0.05) is 12.2 Å². The van der Waals surface area contributed by atoms with Gasteiger partial charge in [0.05, 0.1) is 24.9 Å². The number of hydrogen-bond donors (Lipinski definition) is 1. The lowest BCUT2D eigenvalue weighted by Gasteiger charge is -2.31. The van der Waals surface area contributed by atoms with Gasteiger partial charge in [0.1, 0.15) is 16.0 Å². The van der Waals surface area contributed by atoms with E-state index in [4.69, 9.17) is 22.7 Å². The van der Waals surface area contributed by atoms with Crippen LogP contribution in [0.25, 0.3) is 0 Å². The average molecular weight is 257 g/mol. The van der Waals surface area contributed by atoms with Crippen molar-refractivity contribution in [2.45, 2.75) is 6.10 Å². The van der Waals surface area contributed by atoms with Crippen molar-refractivity contribution in [3.05, 3.63) is 16.6 Å². The number of morpholine rings is 1. The minimum atomic E-state index is -0.333. The molecule has 16 heavy (non-hydrogen) atoms. The lowest BCUT2D eigenvalue weighted by molar-refractivity contribution is 0.00902. The van der Waals surface area contributed by atoms with Gasteiger partial charge in [0, 0.05) is 6.54 Å². The third kappa shape index (κ3) is 2.37. The number of ether oxygens (including phenoxy) is 1. The van der Waals surface area contributed by atoms with Gasteiger partial charge in [0.15, 0.2) is 0 Å². The van der Waals surface area contributed by atoms with Gasteiger partial charge in [-0.2, -0.15) is 0 Å². The number of aromatic nitrogens is 1. The van der Waals surface area contributed by atoms with E-state index in [1.54, 1.807) is 16.6 Å². The first-order chi connectivity index (χ1) is 7.68. The van der Waals surface area contributed by atoms with E-state index in [-0.39, 0.29) is 12.0 Å². The third-order valence-corrected chi connectivity index (χ3v) is 3.34. The van der Waals surface area contributed by atoms with Crippen molar-refractivity contribution in [3.63, 3.8) is 0 Å². The van der Waals surface area contributed by atoms with E-state index in [0.717, 1.165) is 0 Å². The number of amides is 1. The highest BCUT2D eigenvalue weighted by molar-refractivity contribution is 7.80. The zero-order chi connectivity index (χ0) is 11.5. The summed E-state index contributed by atoms with van der Waals surface area (Å²) in [6.45, 7) is 1.45. The second kappa shape index (κ2) is 4.86. The number of nitrogens with zero attached hydrogens (tertiary/aromatic N) is 2. The molecule has 2 rings (SSSR count). The van der Waals surface area contributed by atoms with Crippen LogP contribution in [-0.2, 0) is 4.74 Å². The second-order valence-electron chi connectivity index (χ2n) is 3.38. The van der Waals surface area contributed by atoms with Crippen molar-refractivity contribution in [2.24, 2.45) is 5.73 Å². The first-order valence-corrected chi connectivity index (χ1v) is 6.06. The lowest BCUT2D eigenvalue weighted by Crippen LogP contribution is -2.49. The van der Waals surface area contributed by atoms with Crippen LogP contribution >= 0.6 is 23.6 Å². The fourth-order valence-corrected chi connectivity index (χ4v) is 2.21. The van der Waals surface area contributed by atoms with Crippen LogP contribution in [-0.4, -0.2) is 46.6 Å². The summed E-state index contributed by atoms with van der Waals surface area (Å²) in [6.07, 6.45) is 1.23. The molecule has 0 bridgehead atoms. The molecule has 2 N–H and O–H groups in total. The lowest BCUT2D eigenvalue weighted by atomic mass is 10.2. The number of rotatable bonds is 2. The first kappa shape index (κ1) is 11.4. The van der Waals surface area contributed by atoms with Crippen LogP contribution in [0.15, 0.2) is 11.7 Å². The molecule has 0 radical (unpaired) electrons. The van der Waals surface area contributed by atoms with Crippen molar-refractivity contribution < 1.29 is 9.53 Å². The van der Waals surface area contributed by atoms with Gasteiger partial charge in [0.25, 0.3) is 5.91 Å². The van der Waals surface area contributed by atoms with Gasteiger partial charge < -0.3 is 15.4 Å². The van der Waals surface area contributed by atoms with Gasteiger partial charge in [-0.25, -0.2) is 0 Å². The monoisotopic (exact) mass is 257 g/mol. The number of hydrogen-bond acceptors (Lipinski definition) is 5. The van der Waals surface area contributed by atoms with Gasteiger partial charge in [-0.05, 0) is 0 Å². The molecule has 0 aromatic carbocycles. The van der Waals surface area contributed by atoms with Gasteiger partial charge in [-0.15, -0.1) is 11.3 Å². The fourth-order valence-electron chi connectivity index (χ4n) is 1.48. The first-order valence-electron chi connectivity index (χ1n) is 4.77. The summed E-state index contributed by atoms with van der Waals surface area (Å²) in [5, 5.41) is 0. The topological polar surface area (TPSA) is 68.5 Å². The maximum Gasteiger partial charge on any atom is 0.265 e. The number of thiazole rings is 1. The molecule has 1 unspecified atom stereocenters. The van der Waals surface area contributed by atoms with Crippen molar-refractivity contribution in [2.75, 3.05) is 19.7 Å². The van der Waals surface area contributed by atoms with Crippen molar-refractivity contribution >= 4 is 34.5 Å². The molecule has 86 valence electrons. The highest BCUT2D eigenvalue weighted by atomic mass is 32.1. The number of nitrogens with two attached hydrogens (primary N) is 1. The normalized spacial score (nSPS) is 20.8. The molecule has 1 aliphatic heterocycles. The van der Waals surface area contributed by atoms with E-state index < -0.39 is 0 Å². The molecule has 0 aliphatic carbocycles. The maximum atomic E-state index is 12.0. The molecule has 1 aliphatic rings. The number of carbonyl (C=O) groups is 1. The molecule has 1 aromatic heterocycles. The zero-order valence-electron chi connectivity index (χ0n) is 8.46. The zero-order valence-corrected chi connectivity index (χ0v) is 10.1. The van der Waals surface area contributed by atoms with Gasteiger partial charge in [-0.3, -0.25) is 9.78 Å².